The summed E-state index contributed by atoms with van der Waals surface area (Å²) >= 11 is 1.59. The molecule has 110 valence electrons. The number of carbonyl (C=O) groups is 1. The molecule has 7 heteroatoms. The number of carboxylic acid groups (broad SMARTS) is 1. The predicted molar refractivity (Wildman–Crippen MR) is 77.3 cm³/mol. The first-order chi connectivity index (χ1) is 9.42. The van der Waals surface area contributed by atoms with Crippen LogP contribution in [0.4, 0.5) is 5.13 Å². The Balaban J connectivity index is 1.83. The molecule has 6 nitrogen and oxygen atoms in total. The van der Waals surface area contributed by atoms with Crippen LogP contribution in [0.1, 0.15) is 24.8 Å². The molecule has 1 aromatic rings. The van der Waals surface area contributed by atoms with Gasteiger partial charge in [-0.2, -0.15) is 0 Å². The zero-order valence-corrected chi connectivity index (χ0v) is 12.9. The normalized spacial score (nSPS) is 30.2. The maximum absolute atomic E-state index is 11.8. The van der Waals surface area contributed by atoms with Crippen LogP contribution in [0.15, 0.2) is 0 Å². The summed E-state index contributed by atoms with van der Waals surface area (Å²) < 4.78 is 0. The van der Waals surface area contributed by atoms with Crippen LogP contribution in [0.2, 0.25) is 0 Å². The topological polar surface area (TPSA) is 69.6 Å². The van der Waals surface area contributed by atoms with E-state index in [2.05, 4.69) is 33.8 Å². The summed E-state index contributed by atoms with van der Waals surface area (Å²) in [5, 5.41) is 20.0. The molecule has 1 N–H and O–H groups in total. The van der Waals surface area contributed by atoms with Crippen LogP contribution in [0, 0.1) is 11.3 Å². The van der Waals surface area contributed by atoms with E-state index in [1.165, 1.54) is 0 Å². The molecule has 0 spiro atoms. The van der Waals surface area contributed by atoms with Crippen LogP contribution in [-0.4, -0.2) is 59.4 Å². The van der Waals surface area contributed by atoms with E-state index in [0.29, 0.717) is 19.0 Å². The molecule has 3 rings (SSSR count). The second kappa shape index (κ2) is 4.66. The van der Waals surface area contributed by atoms with Crippen LogP contribution in [0.3, 0.4) is 0 Å². The number of aromatic nitrogens is 2. The van der Waals surface area contributed by atoms with E-state index in [-0.39, 0.29) is 5.92 Å². The average molecular weight is 296 g/mol. The molecule has 20 heavy (non-hydrogen) atoms. The van der Waals surface area contributed by atoms with E-state index >= 15 is 0 Å². The molecule has 1 aromatic heterocycles. The summed E-state index contributed by atoms with van der Waals surface area (Å²) in [6.45, 7) is 6.97. The van der Waals surface area contributed by atoms with Crippen LogP contribution >= 0.6 is 11.3 Å². The van der Waals surface area contributed by atoms with E-state index in [9.17, 15) is 9.90 Å². The first-order valence-electron chi connectivity index (χ1n) is 6.92. The molecule has 0 unspecified atom stereocenters. The third kappa shape index (κ3) is 2.00. The first-order valence-corrected chi connectivity index (χ1v) is 7.74. The summed E-state index contributed by atoms with van der Waals surface area (Å²) in [4.78, 5) is 16.0. The lowest BCUT2D eigenvalue weighted by atomic mass is 9.81. The number of aliphatic carboxylic acids is 1. The Morgan fingerprint density at radius 2 is 2.15 bits per heavy atom. The second-order valence-corrected chi connectivity index (χ2v) is 7.30. The minimum absolute atomic E-state index is 0.177. The SMILES string of the molecule is CC(C)c1nnc(N2C[C@@H]3CN(C)C[C@]3(C(=O)O)C2)s1. The monoisotopic (exact) mass is 296 g/mol. The molecular formula is C13H20N4O2S. The van der Waals surface area contributed by atoms with Gasteiger partial charge in [0.05, 0.1) is 0 Å². The number of carboxylic acids is 1. The van der Waals surface area contributed by atoms with Gasteiger partial charge in [-0.05, 0) is 7.05 Å². The lowest BCUT2D eigenvalue weighted by Gasteiger charge is -2.23. The van der Waals surface area contributed by atoms with Crippen molar-refractivity contribution in [3.05, 3.63) is 5.01 Å². The van der Waals surface area contributed by atoms with Crippen molar-refractivity contribution in [2.45, 2.75) is 19.8 Å². The van der Waals surface area contributed by atoms with E-state index < -0.39 is 11.4 Å². The number of fused-ring (bicyclic) bond motifs is 1. The first kappa shape index (κ1) is 13.8. The van der Waals surface area contributed by atoms with Crippen LogP contribution in [0.25, 0.3) is 0 Å². The third-order valence-corrected chi connectivity index (χ3v) is 5.68. The maximum Gasteiger partial charge on any atom is 0.313 e. The number of hydrogen-bond donors (Lipinski definition) is 1. The Hall–Kier alpha value is -1.21. The second-order valence-electron chi connectivity index (χ2n) is 6.31. The number of hydrogen-bond acceptors (Lipinski definition) is 6. The predicted octanol–water partition coefficient (Wildman–Crippen LogP) is 1.11. The number of likely N-dealkylation sites (tertiary alicyclic amines) is 1. The van der Waals surface area contributed by atoms with Gasteiger partial charge < -0.3 is 14.9 Å². The number of anilines is 1. The fourth-order valence-corrected chi connectivity index (χ4v) is 4.21. The fraction of sp³-hybridized carbons (Fsp3) is 0.769. The van der Waals surface area contributed by atoms with Gasteiger partial charge in [-0.25, -0.2) is 0 Å². The van der Waals surface area contributed by atoms with Crippen molar-refractivity contribution >= 4 is 22.4 Å². The Kier molecular flexibility index (Phi) is 3.21. The van der Waals surface area contributed by atoms with Gasteiger partial charge in [0, 0.05) is 38.0 Å². The molecule has 3 heterocycles. The van der Waals surface area contributed by atoms with Gasteiger partial charge in [0.2, 0.25) is 5.13 Å². The molecule has 2 saturated heterocycles. The van der Waals surface area contributed by atoms with Gasteiger partial charge in [0.25, 0.3) is 0 Å². The Morgan fingerprint density at radius 1 is 1.40 bits per heavy atom. The molecule has 0 saturated carbocycles. The number of rotatable bonds is 3. The Morgan fingerprint density at radius 3 is 2.70 bits per heavy atom. The van der Waals surface area contributed by atoms with Gasteiger partial charge in [-0.15, -0.1) is 10.2 Å². The van der Waals surface area contributed by atoms with Crippen molar-refractivity contribution in [3.8, 4) is 0 Å². The fourth-order valence-electron chi connectivity index (χ4n) is 3.35. The van der Waals surface area contributed by atoms with E-state index in [1.54, 1.807) is 11.3 Å². The largest absolute Gasteiger partial charge is 0.481 e. The van der Waals surface area contributed by atoms with Crippen molar-refractivity contribution in [1.82, 2.24) is 15.1 Å². The summed E-state index contributed by atoms with van der Waals surface area (Å²) in [5.41, 5.74) is -0.640. The van der Waals surface area contributed by atoms with E-state index in [1.807, 2.05) is 7.05 Å². The van der Waals surface area contributed by atoms with Gasteiger partial charge in [-0.1, -0.05) is 25.2 Å². The Bertz CT molecular complexity index is 532. The van der Waals surface area contributed by atoms with Crippen LogP contribution in [-0.2, 0) is 4.79 Å². The highest BCUT2D eigenvalue weighted by molar-refractivity contribution is 7.15. The van der Waals surface area contributed by atoms with Gasteiger partial charge >= 0.3 is 5.97 Å². The minimum atomic E-state index is -0.678. The molecule has 0 amide bonds. The highest BCUT2D eigenvalue weighted by Crippen LogP contribution is 2.44. The van der Waals surface area contributed by atoms with Gasteiger partial charge in [0.15, 0.2) is 0 Å². The number of nitrogens with zero attached hydrogens (tertiary/aromatic N) is 4. The van der Waals surface area contributed by atoms with Gasteiger partial charge in [0.1, 0.15) is 10.4 Å². The quantitative estimate of drug-likeness (QED) is 0.901. The molecule has 0 aliphatic carbocycles. The molecule has 0 aromatic carbocycles. The highest BCUT2D eigenvalue weighted by atomic mass is 32.1. The highest BCUT2D eigenvalue weighted by Gasteiger charge is 2.57. The van der Waals surface area contributed by atoms with Crippen molar-refractivity contribution in [3.63, 3.8) is 0 Å². The smallest absolute Gasteiger partial charge is 0.313 e. The minimum Gasteiger partial charge on any atom is -0.481 e. The molecular weight excluding hydrogens is 276 g/mol. The lowest BCUT2D eigenvalue weighted by Crippen LogP contribution is -2.40. The van der Waals surface area contributed by atoms with Crippen molar-refractivity contribution in [2.75, 3.05) is 38.1 Å². The zero-order valence-electron chi connectivity index (χ0n) is 12.0. The third-order valence-electron chi connectivity index (χ3n) is 4.40. The van der Waals surface area contributed by atoms with Crippen molar-refractivity contribution < 1.29 is 9.90 Å². The zero-order chi connectivity index (χ0) is 14.5. The summed E-state index contributed by atoms with van der Waals surface area (Å²) in [5.74, 6) is -0.137. The van der Waals surface area contributed by atoms with E-state index in [0.717, 1.165) is 23.2 Å². The maximum atomic E-state index is 11.8. The molecule has 2 fully saturated rings. The standard InChI is InChI=1S/C13H20N4O2S/c1-8(2)10-14-15-12(20-10)17-5-9-4-16(3)6-13(9,7-17)11(18)19/h8-9H,4-7H2,1-3H3,(H,18,19)/t9-,13-/m0/s1. The average Bonchev–Trinajstić information content (AvgIpc) is 2.98. The summed E-state index contributed by atoms with van der Waals surface area (Å²) in [6.07, 6.45) is 0. The van der Waals surface area contributed by atoms with E-state index in [4.69, 9.17) is 0 Å². The van der Waals surface area contributed by atoms with Crippen LogP contribution in [0.5, 0.6) is 0 Å². The lowest BCUT2D eigenvalue weighted by molar-refractivity contribution is -0.148. The summed E-state index contributed by atoms with van der Waals surface area (Å²) in [7, 11) is 2.00. The van der Waals surface area contributed by atoms with Crippen LogP contribution < -0.4 is 4.90 Å². The molecule has 2 atom stereocenters. The van der Waals surface area contributed by atoms with Crippen molar-refractivity contribution in [2.24, 2.45) is 11.3 Å². The summed E-state index contributed by atoms with van der Waals surface area (Å²) in [6, 6.07) is 0. The van der Waals surface area contributed by atoms with Gasteiger partial charge in [-0.3, -0.25) is 4.79 Å². The molecule has 0 bridgehead atoms. The Labute approximate surface area is 122 Å². The molecule has 2 aliphatic rings. The molecule has 2 aliphatic heterocycles. The van der Waals surface area contributed by atoms with Crippen molar-refractivity contribution in [1.29, 1.82) is 0 Å². The molecule has 0 radical (unpaired) electrons.